The molecule has 0 bridgehead atoms. The lowest BCUT2D eigenvalue weighted by atomic mass is 9.78. The first kappa shape index (κ1) is 11.3. The Hall–Kier alpha value is -1.23. The van der Waals surface area contributed by atoms with E-state index >= 15 is 0 Å². The van der Waals surface area contributed by atoms with Gasteiger partial charge in [0.15, 0.2) is 0 Å². The van der Waals surface area contributed by atoms with E-state index in [1.165, 1.54) is 18.2 Å². The Balaban J connectivity index is 2.49. The highest BCUT2D eigenvalue weighted by molar-refractivity contribution is 7.16. The second-order valence-electron chi connectivity index (χ2n) is 3.54. The van der Waals surface area contributed by atoms with Crippen molar-refractivity contribution in [2.45, 2.75) is 6.42 Å². The number of rotatable bonds is 1. The summed E-state index contributed by atoms with van der Waals surface area (Å²) in [7, 11) is 0.479. The Kier molecular flexibility index (Phi) is 2.80. The molecule has 1 atom stereocenters. The zero-order valence-corrected chi connectivity index (χ0v) is 9.41. The van der Waals surface area contributed by atoms with Gasteiger partial charge in [-0.25, -0.2) is 0 Å². The molecule has 0 aliphatic carbocycles. The molecule has 16 heavy (non-hydrogen) atoms. The number of carbonyl (C=O) groups excluding carboxylic acids is 2. The molecule has 1 aromatic carbocycles. The van der Waals surface area contributed by atoms with Crippen LogP contribution in [-0.4, -0.2) is 33.7 Å². The van der Waals surface area contributed by atoms with Gasteiger partial charge in [-0.2, -0.15) is 0 Å². The summed E-state index contributed by atoms with van der Waals surface area (Å²) in [5.41, 5.74) is 1.22. The van der Waals surface area contributed by atoms with E-state index in [-0.39, 0.29) is 17.8 Å². The Morgan fingerprint density at radius 2 is 2.00 bits per heavy atom. The third kappa shape index (κ3) is 1.75. The maximum absolute atomic E-state index is 11.7. The highest BCUT2D eigenvalue weighted by atomic mass is 31.0. The van der Waals surface area contributed by atoms with Crippen LogP contribution >= 0.6 is 9.39 Å². The Bertz CT molecular complexity index is 477. The van der Waals surface area contributed by atoms with Crippen molar-refractivity contribution >= 4 is 33.8 Å². The Labute approximate surface area is 94.5 Å². The van der Waals surface area contributed by atoms with Gasteiger partial charge in [-0.1, -0.05) is 12.1 Å². The van der Waals surface area contributed by atoms with Gasteiger partial charge in [0.1, 0.15) is 0 Å². The lowest BCUT2D eigenvalue weighted by molar-refractivity contribution is -0.124. The first-order valence-electron chi connectivity index (χ1n) is 4.61. The van der Waals surface area contributed by atoms with E-state index in [9.17, 15) is 9.59 Å². The zero-order chi connectivity index (χ0) is 11.9. The van der Waals surface area contributed by atoms with E-state index in [2.05, 4.69) is 9.39 Å². The normalized spacial score (nSPS) is 15.1. The molecule has 1 aliphatic heterocycles. The fourth-order valence-electron chi connectivity index (χ4n) is 1.62. The van der Waals surface area contributed by atoms with Crippen LogP contribution in [0.4, 0.5) is 0 Å². The number of nitrogens with zero attached hydrogens (tertiary/aromatic N) is 1. The van der Waals surface area contributed by atoms with Gasteiger partial charge in [-0.3, -0.25) is 14.3 Å². The molecule has 2 rings (SSSR count). The van der Waals surface area contributed by atoms with Gasteiger partial charge in [0, 0.05) is 5.56 Å². The summed E-state index contributed by atoms with van der Waals surface area (Å²) in [5, 5.41) is 18.0. The van der Waals surface area contributed by atoms with Crippen molar-refractivity contribution in [1.29, 1.82) is 0 Å². The van der Waals surface area contributed by atoms with E-state index in [1.807, 2.05) is 0 Å². The average Bonchev–Trinajstić information content (AvgIpc) is 2.25. The highest BCUT2D eigenvalue weighted by Gasteiger charge is 2.29. The summed E-state index contributed by atoms with van der Waals surface area (Å²) in [6.07, 6.45) is 0.0884. The van der Waals surface area contributed by atoms with E-state index in [0.717, 1.165) is 4.67 Å². The van der Waals surface area contributed by atoms with E-state index in [1.54, 1.807) is 0 Å². The Morgan fingerprint density at radius 3 is 2.62 bits per heavy atom. The molecular weight excluding hydrogens is 228 g/mol. The summed E-state index contributed by atoms with van der Waals surface area (Å²) in [5.74, 6) is -0.720. The monoisotopic (exact) mass is 237 g/mol. The maximum atomic E-state index is 11.7. The van der Waals surface area contributed by atoms with Crippen molar-refractivity contribution in [2.75, 3.05) is 0 Å². The van der Waals surface area contributed by atoms with Gasteiger partial charge in [-0.05, 0) is 26.5 Å². The van der Waals surface area contributed by atoms with Crippen LogP contribution in [0.1, 0.15) is 15.9 Å². The molecule has 7 heteroatoms. The molecule has 2 N–H and O–H groups in total. The number of hydrogen-bond donors (Lipinski definition) is 2. The maximum Gasteiger partial charge on any atom is 0.488 e. The predicted molar refractivity (Wildman–Crippen MR) is 60.9 cm³/mol. The van der Waals surface area contributed by atoms with Gasteiger partial charge in [-0.15, -0.1) is 0 Å². The highest BCUT2D eigenvalue weighted by Crippen LogP contribution is 2.21. The summed E-state index contributed by atoms with van der Waals surface area (Å²) >= 11 is 0. The second kappa shape index (κ2) is 3.98. The van der Waals surface area contributed by atoms with Crippen molar-refractivity contribution in [3.8, 4) is 0 Å². The van der Waals surface area contributed by atoms with Gasteiger partial charge in [0.25, 0.3) is 5.91 Å². The molecule has 1 heterocycles. The third-order valence-electron chi connectivity index (χ3n) is 2.49. The van der Waals surface area contributed by atoms with Crippen molar-refractivity contribution in [1.82, 2.24) is 4.67 Å². The van der Waals surface area contributed by atoms with Crippen LogP contribution in [-0.2, 0) is 11.2 Å². The fraction of sp³-hybridized carbons (Fsp3) is 0.111. The first-order chi connectivity index (χ1) is 7.50. The predicted octanol–water partition coefficient (Wildman–Crippen LogP) is -1.32. The van der Waals surface area contributed by atoms with Crippen LogP contribution in [0, 0.1) is 0 Å². The van der Waals surface area contributed by atoms with E-state index < -0.39 is 13.0 Å². The molecule has 0 saturated heterocycles. The molecule has 0 spiro atoms. The number of amides is 2. The van der Waals surface area contributed by atoms with Crippen LogP contribution < -0.4 is 5.46 Å². The second-order valence-corrected chi connectivity index (χ2v) is 4.05. The van der Waals surface area contributed by atoms with Crippen LogP contribution in [0.2, 0.25) is 0 Å². The third-order valence-corrected chi connectivity index (χ3v) is 3.01. The van der Waals surface area contributed by atoms with Crippen molar-refractivity contribution in [3.05, 3.63) is 29.3 Å². The van der Waals surface area contributed by atoms with Crippen LogP contribution in [0.15, 0.2) is 18.2 Å². The molecule has 82 valence electrons. The van der Waals surface area contributed by atoms with Crippen molar-refractivity contribution < 1.29 is 19.6 Å². The smallest absolute Gasteiger partial charge is 0.423 e. The lowest BCUT2D eigenvalue weighted by Gasteiger charge is -2.23. The quantitative estimate of drug-likeness (QED) is 0.361. The van der Waals surface area contributed by atoms with Gasteiger partial charge in [0.05, 0.1) is 6.42 Å². The topological polar surface area (TPSA) is 77.8 Å². The minimum Gasteiger partial charge on any atom is -0.423 e. The Morgan fingerprint density at radius 1 is 1.31 bits per heavy atom. The minimum atomic E-state index is -1.59. The molecule has 1 aliphatic rings. The van der Waals surface area contributed by atoms with Gasteiger partial charge in [0.2, 0.25) is 5.91 Å². The summed E-state index contributed by atoms with van der Waals surface area (Å²) in [6, 6.07) is 4.42. The van der Waals surface area contributed by atoms with Crippen LogP contribution in [0.25, 0.3) is 0 Å². The average molecular weight is 237 g/mol. The standard InChI is InChI=1S/C9H9BNO4P/c12-8-4-5-3-6(10(14)15)1-2-7(5)9(13)11(8)16/h1-3,14-15H,4,16H2. The number of imide groups is 1. The summed E-state index contributed by atoms with van der Waals surface area (Å²) in [6.45, 7) is 0. The van der Waals surface area contributed by atoms with E-state index in [0.29, 0.717) is 11.1 Å². The summed E-state index contributed by atoms with van der Waals surface area (Å²) in [4.78, 5) is 23.1. The molecule has 1 aromatic rings. The van der Waals surface area contributed by atoms with Crippen molar-refractivity contribution in [3.63, 3.8) is 0 Å². The van der Waals surface area contributed by atoms with Gasteiger partial charge < -0.3 is 10.0 Å². The largest absolute Gasteiger partial charge is 0.488 e. The molecular formula is C9H9BNO4P. The molecule has 0 saturated carbocycles. The molecule has 0 fully saturated rings. The molecule has 0 aromatic heterocycles. The van der Waals surface area contributed by atoms with E-state index in [4.69, 9.17) is 10.0 Å². The van der Waals surface area contributed by atoms with Crippen LogP contribution in [0.5, 0.6) is 0 Å². The minimum absolute atomic E-state index is 0.0884. The first-order valence-corrected chi connectivity index (χ1v) is 5.13. The van der Waals surface area contributed by atoms with Gasteiger partial charge >= 0.3 is 7.12 Å². The lowest BCUT2D eigenvalue weighted by Crippen LogP contribution is -2.37. The number of hydrogen-bond acceptors (Lipinski definition) is 4. The SMILES string of the molecule is O=C1Cc2cc(B(O)O)ccc2C(=O)N1P. The molecule has 5 nitrogen and oxygen atoms in total. The number of fused-ring (bicyclic) bond motifs is 1. The summed E-state index contributed by atoms with van der Waals surface area (Å²) < 4.78 is 0.984. The molecule has 0 radical (unpaired) electrons. The molecule has 1 unspecified atom stereocenters. The van der Waals surface area contributed by atoms with Crippen molar-refractivity contribution in [2.24, 2.45) is 0 Å². The molecule has 2 amide bonds. The fourth-order valence-corrected chi connectivity index (χ4v) is 1.85. The zero-order valence-electron chi connectivity index (χ0n) is 8.25. The number of carbonyl (C=O) groups is 2. The van der Waals surface area contributed by atoms with Crippen LogP contribution in [0.3, 0.4) is 0 Å². The number of benzene rings is 1.